The first kappa shape index (κ1) is 19.1. The number of hydrogen-bond donors (Lipinski definition) is 2. The maximum absolute atomic E-state index is 11.1. The van der Waals surface area contributed by atoms with Gasteiger partial charge in [0.25, 0.3) is 0 Å². The summed E-state index contributed by atoms with van der Waals surface area (Å²) in [5.74, 6) is 0.439. The molecule has 2 aromatic rings. The number of halogens is 1. The second-order valence-electron chi connectivity index (χ2n) is 5.46. The summed E-state index contributed by atoms with van der Waals surface area (Å²) in [6.45, 7) is 7.43. The van der Waals surface area contributed by atoms with Crippen LogP contribution in [0.3, 0.4) is 0 Å². The molecule has 0 radical (unpaired) electrons. The van der Waals surface area contributed by atoms with Crippen LogP contribution in [0.2, 0.25) is 0 Å². The standard InChI is InChI=1S/C19H22BrNO4/c1-4-24-17-9-13(8-15(20)18(17)25-5-2)11-21-16-10-14(19(22)23)7-6-12(16)3/h6-10,21H,4-5,11H2,1-3H3,(H,22,23). The summed E-state index contributed by atoms with van der Waals surface area (Å²) in [6, 6.07) is 8.94. The van der Waals surface area contributed by atoms with Gasteiger partial charge in [0.05, 0.1) is 23.2 Å². The molecule has 2 rings (SSSR count). The maximum Gasteiger partial charge on any atom is 0.335 e. The predicted octanol–water partition coefficient (Wildman–Crippen LogP) is 4.87. The fourth-order valence-electron chi connectivity index (χ4n) is 2.41. The highest BCUT2D eigenvalue weighted by molar-refractivity contribution is 9.10. The molecule has 0 aromatic heterocycles. The van der Waals surface area contributed by atoms with Gasteiger partial charge in [-0.05, 0) is 72.1 Å². The first-order valence-corrected chi connectivity index (χ1v) is 8.91. The van der Waals surface area contributed by atoms with Gasteiger partial charge in [-0.25, -0.2) is 4.79 Å². The third kappa shape index (κ3) is 4.89. The van der Waals surface area contributed by atoms with Gasteiger partial charge in [-0.1, -0.05) is 6.07 Å². The van der Waals surface area contributed by atoms with Crippen LogP contribution in [0.25, 0.3) is 0 Å². The summed E-state index contributed by atoms with van der Waals surface area (Å²) in [7, 11) is 0. The third-order valence-electron chi connectivity index (χ3n) is 3.63. The van der Waals surface area contributed by atoms with Crippen LogP contribution >= 0.6 is 15.9 Å². The molecule has 0 atom stereocenters. The minimum atomic E-state index is -0.939. The second-order valence-corrected chi connectivity index (χ2v) is 6.31. The summed E-state index contributed by atoms with van der Waals surface area (Å²) in [6.07, 6.45) is 0. The van der Waals surface area contributed by atoms with E-state index in [-0.39, 0.29) is 5.56 Å². The Morgan fingerprint density at radius 3 is 2.52 bits per heavy atom. The van der Waals surface area contributed by atoms with Crippen molar-refractivity contribution in [1.29, 1.82) is 0 Å². The summed E-state index contributed by atoms with van der Waals surface area (Å²) >= 11 is 3.53. The van der Waals surface area contributed by atoms with E-state index in [0.717, 1.165) is 21.3 Å². The van der Waals surface area contributed by atoms with Gasteiger partial charge in [-0.3, -0.25) is 0 Å². The van der Waals surface area contributed by atoms with Crippen LogP contribution in [0.1, 0.15) is 35.3 Å². The number of anilines is 1. The molecule has 5 nitrogen and oxygen atoms in total. The van der Waals surface area contributed by atoms with E-state index in [1.165, 1.54) is 0 Å². The molecule has 0 aliphatic carbocycles. The molecule has 25 heavy (non-hydrogen) atoms. The van der Waals surface area contributed by atoms with Gasteiger partial charge >= 0.3 is 5.97 Å². The van der Waals surface area contributed by atoms with E-state index >= 15 is 0 Å². The Labute approximate surface area is 156 Å². The molecule has 0 fully saturated rings. The van der Waals surface area contributed by atoms with Crippen LogP contribution in [0.4, 0.5) is 5.69 Å². The Balaban J connectivity index is 2.23. The molecule has 2 aromatic carbocycles. The topological polar surface area (TPSA) is 67.8 Å². The lowest BCUT2D eigenvalue weighted by molar-refractivity contribution is 0.0697. The molecule has 0 saturated heterocycles. The van der Waals surface area contributed by atoms with Crippen LogP contribution in [-0.4, -0.2) is 24.3 Å². The zero-order valence-corrected chi connectivity index (χ0v) is 16.1. The molecule has 2 N–H and O–H groups in total. The van der Waals surface area contributed by atoms with Crippen LogP contribution in [0.5, 0.6) is 11.5 Å². The van der Waals surface area contributed by atoms with E-state index in [1.807, 2.05) is 32.9 Å². The maximum atomic E-state index is 11.1. The van der Waals surface area contributed by atoms with Crippen molar-refractivity contribution in [1.82, 2.24) is 0 Å². The molecule has 0 heterocycles. The van der Waals surface area contributed by atoms with E-state index in [4.69, 9.17) is 14.6 Å². The summed E-state index contributed by atoms with van der Waals surface area (Å²) in [5.41, 5.74) is 3.04. The number of carboxylic acid groups (broad SMARTS) is 1. The lowest BCUT2D eigenvalue weighted by atomic mass is 10.1. The van der Waals surface area contributed by atoms with Crippen molar-refractivity contribution in [3.8, 4) is 11.5 Å². The van der Waals surface area contributed by atoms with Crippen molar-refractivity contribution in [2.24, 2.45) is 0 Å². The van der Waals surface area contributed by atoms with Crippen molar-refractivity contribution in [3.63, 3.8) is 0 Å². The number of aryl methyl sites for hydroxylation is 1. The monoisotopic (exact) mass is 407 g/mol. The van der Waals surface area contributed by atoms with Crippen LogP contribution in [0.15, 0.2) is 34.8 Å². The minimum Gasteiger partial charge on any atom is -0.490 e. The quantitative estimate of drug-likeness (QED) is 0.653. The SMILES string of the molecule is CCOc1cc(CNc2cc(C(=O)O)ccc2C)cc(Br)c1OCC. The summed E-state index contributed by atoms with van der Waals surface area (Å²) < 4.78 is 12.1. The van der Waals surface area contributed by atoms with Gasteiger partial charge in [-0.15, -0.1) is 0 Å². The van der Waals surface area contributed by atoms with Gasteiger partial charge in [0, 0.05) is 12.2 Å². The van der Waals surface area contributed by atoms with Crippen LogP contribution < -0.4 is 14.8 Å². The lowest BCUT2D eigenvalue weighted by Crippen LogP contribution is -2.05. The molecule has 134 valence electrons. The van der Waals surface area contributed by atoms with E-state index in [2.05, 4.69) is 21.2 Å². The van der Waals surface area contributed by atoms with Crippen molar-refractivity contribution >= 4 is 27.6 Å². The average molecular weight is 408 g/mol. The van der Waals surface area contributed by atoms with Gasteiger partial charge in [0.1, 0.15) is 0 Å². The Kier molecular flexibility index (Phi) is 6.70. The van der Waals surface area contributed by atoms with E-state index in [9.17, 15) is 4.79 Å². The molecular formula is C19H22BrNO4. The molecule has 0 bridgehead atoms. The minimum absolute atomic E-state index is 0.260. The zero-order chi connectivity index (χ0) is 18.4. The molecule has 6 heteroatoms. The number of ether oxygens (including phenoxy) is 2. The van der Waals surface area contributed by atoms with Crippen molar-refractivity contribution in [2.45, 2.75) is 27.3 Å². The summed E-state index contributed by atoms with van der Waals surface area (Å²) in [4.78, 5) is 11.1. The highest BCUT2D eigenvalue weighted by Crippen LogP contribution is 2.37. The molecule has 0 aliphatic heterocycles. The highest BCUT2D eigenvalue weighted by atomic mass is 79.9. The number of nitrogens with one attached hydrogen (secondary N) is 1. The number of hydrogen-bond acceptors (Lipinski definition) is 4. The Hall–Kier alpha value is -2.21. The van der Waals surface area contributed by atoms with Crippen molar-refractivity contribution < 1.29 is 19.4 Å². The normalized spacial score (nSPS) is 10.4. The molecule has 0 aliphatic rings. The molecule has 0 saturated carbocycles. The fourth-order valence-corrected chi connectivity index (χ4v) is 3.02. The average Bonchev–Trinajstić information content (AvgIpc) is 2.57. The number of aromatic carboxylic acids is 1. The molecule has 0 amide bonds. The van der Waals surface area contributed by atoms with E-state index in [1.54, 1.807) is 18.2 Å². The van der Waals surface area contributed by atoms with E-state index < -0.39 is 5.97 Å². The van der Waals surface area contributed by atoms with Crippen LogP contribution in [-0.2, 0) is 6.54 Å². The first-order valence-electron chi connectivity index (χ1n) is 8.12. The van der Waals surface area contributed by atoms with Gasteiger partial charge < -0.3 is 19.9 Å². The third-order valence-corrected chi connectivity index (χ3v) is 4.21. The van der Waals surface area contributed by atoms with Gasteiger partial charge in [-0.2, -0.15) is 0 Å². The predicted molar refractivity (Wildman–Crippen MR) is 102 cm³/mol. The second kappa shape index (κ2) is 8.76. The van der Waals surface area contributed by atoms with E-state index in [0.29, 0.717) is 31.3 Å². The zero-order valence-electron chi connectivity index (χ0n) is 14.6. The molecule has 0 spiro atoms. The fraction of sp³-hybridized carbons (Fsp3) is 0.316. The number of carboxylic acids is 1. The summed E-state index contributed by atoms with van der Waals surface area (Å²) in [5, 5.41) is 12.4. The van der Waals surface area contributed by atoms with Gasteiger partial charge in [0.15, 0.2) is 11.5 Å². The molecular weight excluding hydrogens is 386 g/mol. The first-order chi connectivity index (χ1) is 12.0. The van der Waals surface area contributed by atoms with Crippen molar-refractivity contribution in [3.05, 3.63) is 51.5 Å². The van der Waals surface area contributed by atoms with Gasteiger partial charge in [0.2, 0.25) is 0 Å². The Morgan fingerprint density at radius 2 is 1.88 bits per heavy atom. The molecule has 0 unspecified atom stereocenters. The Morgan fingerprint density at radius 1 is 1.16 bits per heavy atom. The number of rotatable bonds is 8. The highest BCUT2D eigenvalue weighted by Gasteiger charge is 2.12. The largest absolute Gasteiger partial charge is 0.490 e. The number of benzene rings is 2. The lowest BCUT2D eigenvalue weighted by Gasteiger charge is -2.16. The number of carbonyl (C=O) groups is 1. The van der Waals surface area contributed by atoms with Crippen molar-refractivity contribution in [2.75, 3.05) is 18.5 Å². The smallest absolute Gasteiger partial charge is 0.335 e. The Bertz CT molecular complexity index is 761. The van der Waals surface area contributed by atoms with Crippen LogP contribution in [0, 0.1) is 6.92 Å².